The normalized spacial score (nSPS) is 10.6. The molecule has 0 bridgehead atoms. The molecule has 0 unspecified atom stereocenters. The smallest absolute Gasteiger partial charge is 0.274 e. The van der Waals surface area contributed by atoms with Crippen molar-refractivity contribution in [1.82, 2.24) is 9.78 Å². The Morgan fingerprint density at radius 3 is 2.30 bits per heavy atom. The van der Waals surface area contributed by atoms with E-state index >= 15 is 0 Å². The molecule has 2 amide bonds. The van der Waals surface area contributed by atoms with Crippen LogP contribution in [0.3, 0.4) is 0 Å². The van der Waals surface area contributed by atoms with E-state index in [-0.39, 0.29) is 18.4 Å². The number of anilines is 2. The molecule has 8 heteroatoms. The minimum atomic E-state index is -0.341. The maximum Gasteiger partial charge on any atom is 0.274 e. The number of hydrogen-bond acceptors (Lipinski definition) is 4. The summed E-state index contributed by atoms with van der Waals surface area (Å²) >= 11 is 6.01. The molecule has 0 aliphatic rings. The molecule has 0 aliphatic carbocycles. The molecule has 0 saturated heterocycles. The largest absolute Gasteiger partial charge is 0.375 e. The quantitative estimate of drug-likeness (QED) is 0.405. The Labute approximate surface area is 196 Å². The second-order valence-corrected chi connectivity index (χ2v) is 7.62. The van der Waals surface area contributed by atoms with Gasteiger partial charge >= 0.3 is 0 Å². The first-order chi connectivity index (χ1) is 16.0. The number of hydrogen-bond donors (Lipinski definition) is 2. The van der Waals surface area contributed by atoms with Gasteiger partial charge in [0.15, 0.2) is 0 Å². The van der Waals surface area contributed by atoms with E-state index in [1.807, 2.05) is 42.5 Å². The number of para-hydroxylation sites is 1. The average molecular weight is 461 g/mol. The number of nitrogens with one attached hydrogen (secondary N) is 2. The third-order valence-electron chi connectivity index (χ3n) is 4.76. The SMILES string of the molecule is COCC(=O)Nc1cccc(NC(=O)c2cc(-c3ccc(Cl)cc3)nn2-c2ccccc2)c1. The van der Waals surface area contributed by atoms with Gasteiger partial charge in [0.25, 0.3) is 5.91 Å². The van der Waals surface area contributed by atoms with Gasteiger partial charge in [-0.15, -0.1) is 0 Å². The van der Waals surface area contributed by atoms with E-state index in [2.05, 4.69) is 15.7 Å². The predicted octanol–water partition coefficient (Wildman–Crippen LogP) is 5.03. The van der Waals surface area contributed by atoms with Crippen LogP contribution in [-0.2, 0) is 9.53 Å². The third kappa shape index (κ3) is 5.46. The standard InChI is InChI=1S/C25H21ClN4O3/c1-33-16-24(31)27-19-6-5-7-20(14-19)28-25(32)23-15-22(17-10-12-18(26)13-11-17)29-30(23)21-8-3-2-4-9-21/h2-15H,16H2,1H3,(H,27,31)(H,28,32). The van der Waals surface area contributed by atoms with Crippen molar-refractivity contribution < 1.29 is 14.3 Å². The highest BCUT2D eigenvalue weighted by molar-refractivity contribution is 6.30. The van der Waals surface area contributed by atoms with Crippen LogP contribution < -0.4 is 10.6 Å². The van der Waals surface area contributed by atoms with Gasteiger partial charge < -0.3 is 15.4 Å². The van der Waals surface area contributed by atoms with Crippen LogP contribution in [-0.4, -0.2) is 35.3 Å². The first-order valence-electron chi connectivity index (χ1n) is 10.1. The summed E-state index contributed by atoms with van der Waals surface area (Å²) in [7, 11) is 1.45. The average Bonchev–Trinajstić information content (AvgIpc) is 3.26. The van der Waals surface area contributed by atoms with E-state index in [0.717, 1.165) is 11.3 Å². The summed E-state index contributed by atoms with van der Waals surface area (Å²) in [5.41, 5.74) is 3.67. The third-order valence-corrected chi connectivity index (χ3v) is 5.01. The lowest BCUT2D eigenvalue weighted by Gasteiger charge is -2.10. The molecule has 3 aromatic carbocycles. The van der Waals surface area contributed by atoms with E-state index in [1.165, 1.54) is 7.11 Å². The van der Waals surface area contributed by atoms with Crippen LogP contribution >= 0.6 is 11.6 Å². The van der Waals surface area contributed by atoms with E-state index in [9.17, 15) is 9.59 Å². The molecule has 7 nitrogen and oxygen atoms in total. The minimum absolute atomic E-state index is 0.0552. The van der Waals surface area contributed by atoms with Gasteiger partial charge in [-0.05, 0) is 48.5 Å². The number of amides is 2. The second kappa shape index (κ2) is 10.1. The number of nitrogens with zero attached hydrogens (tertiary/aromatic N) is 2. The van der Waals surface area contributed by atoms with Gasteiger partial charge in [0.2, 0.25) is 5.91 Å². The van der Waals surface area contributed by atoms with Crippen LogP contribution in [0.5, 0.6) is 0 Å². The molecule has 0 spiro atoms. The molecule has 0 saturated carbocycles. The maximum absolute atomic E-state index is 13.2. The Bertz CT molecular complexity index is 1270. The van der Waals surface area contributed by atoms with Crippen LogP contribution in [0, 0.1) is 0 Å². The van der Waals surface area contributed by atoms with Gasteiger partial charge in [-0.25, -0.2) is 4.68 Å². The topological polar surface area (TPSA) is 85.2 Å². The lowest BCUT2D eigenvalue weighted by Crippen LogP contribution is -2.18. The Balaban J connectivity index is 1.64. The number of methoxy groups -OCH3 is 1. The van der Waals surface area contributed by atoms with E-state index in [4.69, 9.17) is 16.3 Å². The summed E-state index contributed by atoms with van der Waals surface area (Å²) < 4.78 is 6.43. The first kappa shape index (κ1) is 22.3. The van der Waals surface area contributed by atoms with Gasteiger partial charge in [0.05, 0.1) is 11.4 Å². The van der Waals surface area contributed by atoms with Crippen LogP contribution in [0.25, 0.3) is 16.9 Å². The molecule has 2 N–H and O–H groups in total. The van der Waals surface area contributed by atoms with Gasteiger partial charge in [-0.2, -0.15) is 5.10 Å². The molecule has 1 heterocycles. The van der Waals surface area contributed by atoms with Gasteiger partial charge in [0.1, 0.15) is 12.3 Å². The van der Waals surface area contributed by atoms with E-state index in [0.29, 0.717) is 27.8 Å². The van der Waals surface area contributed by atoms with Crippen LogP contribution in [0.2, 0.25) is 5.02 Å². The second-order valence-electron chi connectivity index (χ2n) is 7.19. The molecule has 1 aromatic heterocycles. The zero-order chi connectivity index (χ0) is 23.2. The Hall–Kier alpha value is -3.94. The number of halogens is 1. The fraction of sp³-hybridized carbons (Fsp3) is 0.0800. The molecule has 166 valence electrons. The van der Waals surface area contributed by atoms with Crippen molar-refractivity contribution in [2.45, 2.75) is 0 Å². The summed E-state index contributed by atoms with van der Waals surface area (Å²) in [4.78, 5) is 25.0. The molecular weight excluding hydrogens is 440 g/mol. The zero-order valence-corrected chi connectivity index (χ0v) is 18.5. The van der Waals surface area contributed by atoms with Crippen LogP contribution in [0.4, 0.5) is 11.4 Å². The maximum atomic E-state index is 13.2. The molecule has 4 aromatic rings. The van der Waals surface area contributed by atoms with Gasteiger partial charge in [-0.3, -0.25) is 9.59 Å². The van der Waals surface area contributed by atoms with E-state index < -0.39 is 0 Å². The van der Waals surface area contributed by atoms with Crippen LogP contribution in [0.15, 0.2) is 84.9 Å². The van der Waals surface area contributed by atoms with Crippen molar-refractivity contribution in [3.63, 3.8) is 0 Å². The molecule has 0 radical (unpaired) electrons. The number of rotatable bonds is 7. The zero-order valence-electron chi connectivity index (χ0n) is 17.8. The lowest BCUT2D eigenvalue weighted by molar-refractivity contribution is -0.119. The van der Waals surface area contributed by atoms with Crippen molar-refractivity contribution in [3.05, 3.63) is 95.6 Å². The Kier molecular flexibility index (Phi) is 6.83. The number of carbonyl (C=O) groups excluding carboxylic acids is 2. The number of ether oxygens (including phenoxy) is 1. The van der Waals surface area contributed by atoms with Crippen molar-refractivity contribution >= 4 is 34.8 Å². The lowest BCUT2D eigenvalue weighted by atomic mass is 10.1. The summed E-state index contributed by atoms with van der Waals surface area (Å²) in [6.07, 6.45) is 0. The van der Waals surface area contributed by atoms with Crippen molar-refractivity contribution in [1.29, 1.82) is 0 Å². The summed E-state index contributed by atoms with van der Waals surface area (Å²) in [5.74, 6) is -0.623. The molecule has 0 aliphatic heterocycles. The van der Waals surface area contributed by atoms with Crippen molar-refractivity contribution in [2.24, 2.45) is 0 Å². The molecular formula is C25H21ClN4O3. The number of carbonyl (C=O) groups is 2. The molecule has 33 heavy (non-hydrogen) atoms. The van der Waals surface area contributed by atoms with Crippen molar-refractivity contribution in [3.8, 4) is 16.9 Å². The fourth-order valence-corrected chi connectivity index (χ4v) is 3.39. The van der Waals surface area contributed by atoms with Gasteiger partial charge in [0, 0.05) is 29.1 Å². The van der Waals surface area contributed by atoms with E-state index in [1.54, 1.807) is 47.1 Å². The monoisotopic (exact) mass is 460 g/mol. The minimum Gasteiger partial charge on any atom is -0.375 e. The molecule has 0 fully saturated rings. The summed E-state index contributed by atoms with van der Waals surface area (Å²) in [6.45, 7) is -0.0552. The summed E-state index contributed by atoms with van der Waals surface area (Å²) in [5, 5.41) is 10.9. The van der Waals surface area contributed by atoms with Crippen molar-refractivity contribution in [2.75, 3.05) is 24.4 Å². The highest BCUT2D eigenvalue weighted by Gasteiger charge is 2.18. The van der Waals surface area contributed by atoms with Gasteiger partial charge in [-0.1, -0.05) is 48.0 Å². The molecule has 4 rings (SSSR count). The number of aromatic nitrogens is 2. The highest BCUT2D eigenvalue weighted by Crippen LogP contribution is 2.24. The Morgan fingerprint density at radius 1 is 0.909 bits per heavy atom. The highest BCUT2D eigenvalue weighted by atomic mass is 35.5. The number of benzene rings is 3. The summed E-state index contributed by atoms with van der Waals surface area (Å²) in [6, 6.07) is 25.3. The Morgan fingerprint density at radius 2 is 1.61 bits per heavy atom. The predicted molar refractivity (Wildman–Crippen MR) is 129 cm³/mol. The van der Waals surface area contributed by atoms with Crippen LogP contribution in [0.1, 0.15) is 10.5 Å². The first-order valence-corrected chi connectivity index (χ1v) is 10.5. The molecule has 0 atom stereocenters. The fourth-order valence-electron chi connectivity index (χ4n) is 3.27.